The number of nitrogens with zero attached hydrogens (tertiary/aromatic N) is 1. The Morgan fingerprint density at radius 3 is 2.58 bits per heavy atom. The first-order chi connectivity index (χ1) is 14.5. The van der Waals surface area contributed by atoms with E-state index in [1.165, 1.54) is 19.1 Å². The molecule has 0 bridgehead atoms. The number of benzene rings is 2. The van der Waals surface area contributed by atoms with Crippen LogP contribution in [0.3, 0.4) is 0 Å². The van der Waals surface area contributed by atoms with Crippen LogP contribution in [0.1, 0.15) is 64.6 Å². The van der Waals surface area contributed by atoms with Gasteiger partial charge in [-0.3, -0.25) is 4.79 Å². The highest BCUT2D eigenvalue weighted by Gasteiger charge is 2.36. The van der Waals surface area contributed by atoms with Crippen LogP contribution in [-0.2, 0) is 6.18 Å². The standard InChI is InChI=1S/C22H20F3N3O3/c1-10(26-18-6-5-13(21(30)31)7-15(18)12-3-4-12)14-8-16-19(9-17(14)22(23,24)25)27-11(2)28-20(16)29/h5-10,12,26H,3-4H2,1-2H3,(H,30,31)(H,27,28,29)/t10-/m0/s1. The minimum Gasteiger partial charge on any atom is -0.478 e. The molecule has 1 aliphatic rings. The van der Waals surface area contributed by atoms with Crippen molar-refractivity contribution in [2.75, 3.05) is 5.32 Å². The van der Waals surface area contributed by atoms with Gasteiger partial charge in [-0.25, -0.2) is 9.78 Å². The van der Waals surface area contributed by atoms with Crippen LogP contribution < -0.4 is 10.9 Å². The number of hydrogen-bond donors (Lipinski definition) is 3. The molecule has 3 aromatic rings. The molecule has 0 saturated heterocycles. The average Bonchev–Trinajstić information content (AvgIpc) is 3.51. The number of hydrogen-bond acceptors (Lipinski definition) is 4. The van der Waals surface area contributed by atoms with Crippen LogP contribution in [0.2, 0.25) is 0 Å². The van der Waals surface area contributed by atoms with Gasteiger partial charge in [0.15, 0.2) is 0 Å². The van der Waals surface area contributed by atoms with E-state index in [1.54, 1.807) is 19.1 Å². The molecular weight excluding hydrogens is 411 g/mol. The molecule has 1 atom stereocenters. The number of fused-ring (bicyclic) bond motifs is 1. The smallest absolute Gasteiger partial charge is 0.416 e. The molecule has 162 valence electrons. The van der Waals surface area contributed by atoms with Gasteiger partial charge in [0.25, 0.3) is 5.56 Å². The Morgan fingerprint density at radius 1 is 1.26 bits per heavy atom. The first-order valence-corrected chi connectivity index (χ1v) is 9.80. The Bertz CT molecular complexity index is 1250. The monoisotopic (exact) mass is 431 g/mol. The number of carbonyl (C=O) groups is 1. The average molecular weight is 431 g/mol. The van der Waals surface area contributed by atoms with E-state index in [9.17, 15) is 27.9 Å². The van der Waals surface area contributed by atoms with Crippen LogP contribution in [0.15, 0.2) is 35.1 Å². The third-order valence-corrected chi connectivity index (χ3v) is 5.45. The molecule has 0 unspecified atom stereocenters. The summed E-state index contributed by atoms with van der Waals surface area (Å²) in [5, 5.41) is 12.4. The highest BCUT2D eigenvalue weighted by Crippen LogP contribution is 2.45. The zero-order valence-electron chi connectivity index (χ0n) is 16.8. The fourth-order valence-electron chi connectivity index (χ4n) is 3.79. The number of aromatic nitrogens is 2. The van der Waals surface area contributed by atoms with E-state index >= 15 is 0 Å². The van der Waals surface area contributed by atoms with E-state index in [0.29, 0.717) is 5.69 Å². The van der Waals surface area contributed by atoms with E-state index in [4.69, 9.17) is 0 Å². The van der Waals surface area contributed by atoms with Gasteiger partial charge in [-0.05, 0) is 74.1 Å². The molecule has 0 amide bonds. The molecule has 9 heteroatoms. The number of alkyl halides is 3. The van der Waals surface area contributed by atoms with Gasteiger partial charge in [-0.2, -0.15) is 13.2 Å². The van der Waals surface area contributed by atoms with E-state index in [1.807, 2.05) is 0 Å². The molecule has 1 aliphatic carbocycles. The van der Waals surface area contributed by atoms with Crippen LogP contribution in [0.5, 0.6) is 0 Å². The van der Waals surface area contributed by atoms with Crippen molar-refractivity contribution in [3.63, 3.8) is 0 Å². The highest BCUT2D eigenvalue weighted by atomic mass is 19.4. The Morgan fingerprint density at radius 2 is 1.97 bits per heavy atom. The van der Waals surface area contributed by atoms with Crippen LogP contribution >= 0.6 is 0 Å². The van der Waals surface area contributed by atoms with E-state index in [-0.39, 0.29) is 33.8 Å². The number of carboxylic acids is 1. The fraction of sp³-hybridized carbons (Fsp3) is 0.318. The number of rotatable bonds is 5. The van der Waals surface area contributed by atoms with Gasteiger partial charge in [0, 0.05) is 11.7 Å². The zero-order chi connectivity index (χ0) is 22.5. The Labute approximate surface area is 175 Å². The van der Waals surface area contributed by atoms with Crippen molar-refractivity contribution in [3.8, 4) is 0 Å². The summed E-state index contributed by atoms with van der Waals surface area (Å²) in [7, 11) is 0. The minimum atomic E-state index is -4.63. The molecule has 0 aliphatic heterocycles. The maximum Gasteiger partial charge on any atom is 0.416 e. The van der Waals surface area contributed by atoms with Gasteiger partial charge in [0.2, 0.25) is 0 Å². The predicted octanol–water partition coefficient (Wildman–Crippen LogP) is 5.00. The number of anilines is 1. The second-order valence-electron chi connectivity index (χ2n) is 7.85. The summed E-state index contributed by atoms with van der Waals surface area (Å²) >= 11 is 0. The van der Waals surface area contributed by atoms with Crippen molar-refractivity contribution in [1.82, 2.24) is 9.97 Å². The second kappa shape index (κ2) is 7.40. The zero-order valence-corrected chi connectivity index (χ0v) is 16.8. The van der Waals surface area contributed by atoms with E-state index in [2.05, 4.69) is 15.3 Å². The number of aryl methyl sites for hydroxylation is 1. The summed E-state index contributed by atoms with van der Waals surface area (Å²) in [5.74, 6) is -0.641. The van der Waals surface area contributed by atoms with E-state index in [0.717, 1.165) is 24.5 Å². The molecule has 3 N–H and O–H groups in total. The molecule has 6 nitrogen and oxygen atoms in total. The lowest BCUT2D eigenvalue weighted by molar-refractivity contribution is -0.138. The van der Waals surface area contributed by atoms with Crippen LogP contribution in [-0.4, -0.2) is 21.0 Å². The van der Waals surface area contributed by atoms with Crippen LogP contribution in [0, 0.1) is 6.92 Å². The van der Waals surface area contributed by atoms with Crippen LogP contribution in [0.25, 0.3) is 10.9 Å². The van der Waals surface area contributed by atoms with Crippen molar-refractivity contribution in [2.24, 2.45) is 0 Å². The molecular formula is C22H20F3N3O3. The molecule has 4 rings (SSSR count). The lowest BCUT2D eigenvalue weighted by Crippen LogP contribution is -2.18. The summed E-state index contributed by atoms with van der Waals surface area (Å²) in [4.78, 5) is 30.1. The maximum atomic E-state index is 13.8. The van der Waals surface area contributed by atoms with Gasteiger partial charge in [0.05, 0.1) is 22.0 Å². The second-order valence-corrected chi connectivity index (χ2v) is 7.85. The molecule has 31 heavy (non-hydrogen) atoms. The van der Waals surface area contributed by atoms with Gasteiger partial charge < -0.3 is 15.4 Å². The molecule has 2 aromatic carbocycles. The molecule has 0 radical (unpaired) electrons. The summed E-state index contributed by atoms with van der Waals surface area (Å²) in [5.41, 5.74) is 0.0196. The Kier molecular flexibility index (Phi) is 4.99. The molecule has 1 fully saturated rings. The van der Waals surface area contributed by atoms with Gasteiger partial charge in [-0.1, -0.05) is 0 Å². The first-order valence-electron chi connectivity index (χ1n) is 9.80. The highest BCUT2D eigenvalue weighted by molar-refractivity contribution is 5.88. The maximum absolute atomic E-state index is 13.8. The van der Waals surface area contributed by atoms with Gasteiger partial charge in [-0.15, -0.1) is 0 Å². The van der Waals surface area contributed by atoms with Crippen molar-refractivity contribution in [2.45, 2.75) is 44.8 Å². The third kappa shape index (κ3) is 4.12. The topological polar surface area (TPSA) is 95.1 Å². The minimum absolute atomic E-state index is 0.0194. The number of aromatic amines is 1. The Hall–Kier alpha value is -3.36. The summed E-state index contributed by atoms with van der Waals surface area (Å²) in [6.45, 7) is 3.08. The normalized spacial score (nSPS) is 15.1. The number of halogens is 3. The summed E-state index contributed by atoms with van der Waals surface area (Å²) < 4.78 is 41.5. The van der Waals surface area contributed by atoms with Gasteiger partial charge >= 0.3 is 12.1 Å². The SMILES string of the molecule is Cc1nc2cc(C(F)(F)F)c([C@H](C)Nc3ccc(C(=O)O)cc3C3CC3)cc2c(=O)[nH]1. The van der Waals surface area contributed by atoms with Crippen LogP contribution in [0.4, 0.5) is 18.9 Å². The summed E-state index contributed by atoms with van der Waals surface area (Å²) in [6.07, 6.45) is -2.84. The largest absolute Gasteiger partial charge is 0.478 e. The molecule has 1 aromatic heterocycles. The molecule has 0 spiro atoms. The lowest BCUT2D eigenvalue weighted by atomic mass is 9.97. The number of H-pyrrole nitrogens is 1. The fourth-order valence-corrected chi connectivity index (χ4v) is 3.79. The lowest BCUT2D eigenvalue weighted by Gasteiger charge is -2.23. The number of nitrogens with one attached hydrogen (secondary N) is 2. The Balaban J connectivity index is 1.80. The van der Waals surface area contributed by atoms with Crippen molar-refractivity contribution in [3.05, 3.63) is 68.8 Å². The van der Waals surface area contributed by atoms with E-state index < -0.39 is 29.3 Å². The van der Waals surface area contributed by atoms with Crippen molar-refractivity contribution >= 4 is 22.6 Å². The van der Waals surface area contributed by atoms with Crippen molar-refractivity contribution < 1.29 is 23.1 Å². The first kappa shape index (κ1) is 20.9. The third-order valence-electron chi connectivity index (χ3n) is 5.45. The number of carboxylic acid groups (broad SMARTS) is 1. The number of aromatic carboxylic acids is 1. The van der Waals surface area contributed by atoms with Gasteiger partial charge in [0.1, 0.15) is 5.82 Å². The quantitative estimate of drug-likeness (QED) is 0.529. The molecule has 1 saturated carbocycles. The predicted molar refractivity (Wildman–Crippen MR) is 110 cm³/mol. The van der Waals surface area contributed by atoms with Crippen molar-refractivity contribution in [1.29, 1.82) is 0 Å². The summed E-state index contributed by atoms with van der Waals surface area (Å²) in [6, 6.07) is 5.90. The molecule has 1 heterocycles.